The highest BCUT2D eigenvalue weighted by molar-refractivity contribution is 8.03. The molecule has 0 unspecified atom stereocenters. The fourth-order valence-electron chi connectivity index (χ4n) is 12.7. The van der Waals surface area contributed by atoms with Crippen LogP contribution in [0.5, 0.6) is 23.0 Å². The summed E-state index contributed by atoms with van der Waals surface area (Å²) in [5, 5.41) is 3.71. The number of rotatable bonds is 38. The molecular weight excluding hydrogens is 1390 g/mol. The Morgan fingerprint density at radius 3 is 0.941 bits per heavy atom. The Labute approximate surface area is 632 Å². The molecule has 102 heavy (non-hydrogen) atoms. The van der Waals surface area contributed by atoms with Crippen molar-refractivity contribution in [3.05, 3.63) is 72.8 Å². The molecule has 3 aliphatic rings. The third-order valence-electron chi connectivity index (χ3n) is 18.4. The molecule has 0 spiro atoms. The van der Waals surface area contributed by atoms with E-state index in [1.807, 2.05) is 94.8 Å². The zero-order valence-electron chi connectivity index (χ0n) is 61.4. The van der Waals surface area contributed by atoms with Crippen molar-refractivity contribution in [3.63, 3.8) is 0 Å². The van der Waals surface area contributed by atoms with E-state index in [9.17, 15) is 0 Å². The van der Waals surface area contributed by atoms with E-state index < -0.39 is 0 Å². The molecule has 6 heterocycles. The number of ether oxygens (including phenoxy) is 6. The third kappa shape index (κ3) is 22.0. The van der Waals surface area contributed by atoms with Crippen molar-refractivity contribution >= 4 is 115 Å². The Hall–Kier alpha value is -5.16. The maximum atomic E-state index is 6.84. The quantitative estimate of drug-likeness (QED) is 0.0277. The molecule has 0 saturated carbocycles. The van der Waals surface area contributed by atoms with Gasteiger partial charge in [-0.1, -0.05) is 157 Å². The van der Waals surface area contributed by atoms with Gasteiger partial charge in [-0.25, -0.2) is 29.9 Å². The van der Waals surface area contributed by atoms with E-state index in [2.05, 4.69) is 100 Å². The number of benzene rings is 5. The SMILES string of the molecule is CCCCCCSc1cc2c(cc1SCCCCCC)-c1nc-2nc2[nH]c(nc3nc(nc4[nH]c(n1)c1cc(SCCCCCC)c(SCCCCCC)cc41)-c1cc(SCCCCCC)c(SCCCCCC)cc1-3)c1cc(Oc3ccc4c(c3)OCCOCCOCCOCCO4)ccc21. The van der Waals surface area contributed by atoms with Crippen molar-refractivity contribution < 1.29 is 28.4 Å². The van der Waals surface area contributed by atoms with Crippen LogP contribution in [0.3, 0.4) is 0 Å². The normalized spacial score (nSPS) is 13.5. The van der Waals surface area contributed by atoms with Gasteiger partial charge < -0.3 is 38.4 Å². The first-order valence-corrected chi connectivity index (χ1v) is 44.4. The molecule has 548 valence electrons. The van der Waals surface area contributed by atoms with Crippen LogP contribution in [0.4, 0.5) is 0 Å². The number of aromatic amines is 2. The Morgan fingerprint density at radius 2 is 0.588 bits per heavy atom. The summed E-state index contributed by atoms with van der Waals surface area (Å²) in [6.07, 6.45) is 29.1. The Balaban J connectivity index is 1.14. The van der Waals surface area contributed by atoms with Crippen molar-refractivity contribution in [2.45, 2.75) is 225 Å². The van der Waals surface area contributed by atoms with E-state index in [0.29, 0.717) is 110 Å². The third-order valence-corrected chi connectivity index (χ3v) is 25.6. The van der Waals surface area contributed by atoms with Crippen molar-refractivity contribution in [1.82, 2.24) is 39.9 Å². The van der Waals surface area contributed by atoms with Gasteiger partial charge in [0.1, 0.15) is 47.3 Å². The van der Waals surface area contributed by atoms with Gasteiger partial charge in [-0.3, -0.25) is 0 Å². The standard InChI is InChI=1S/C82H108N8O6S6/c1-7-13-19-25-43-97-69-51-61-62(52-70(69)98-44-26-20-14-8-2)79-86-77(61)84-75-59-33-31-57(96-58-32-34-67-68(50-58)95-42-40-93-38-36-91-35-37-92-39-41-94-67)49-60(59)76(83-75)85-78-63-53-71(99-45-27-21-15-9-3)72(100-46-28-22-16-10-4)54-64(63)80(87-78)89-82-66-56-74(102-48-30-24-18-12-6)73(101-47-29-23-17-11-5)55-65(66)81(88-79)90-82/h31-34,49-56H,7-30,35-48H2,1-6H3,(H2,83,84,85,86,87,88,89,90). The Bertz CT molecular complexity index is 4150. The number of nitrogens with zero attached hydrogens (tertiary/aromatic N) is 6. The van der Waals surface area contributed by atoms with Gasteiger partial charge in [0.15, 0.2) is 34.8 Å². The summed E-state index contributed by atoms with van der Waals surface area (Å²) in [6, 6.07) is 26.1. The molecule has 3 aromatic heterocycles. The predicted molar refractivity (Wildman–Crippen MR) is 435 cm³/mol. The molecule has 0 atom stereocenters. The van der Waals surface area contributed by atoms with Crippen molar-refractivity contribution in [1.29, 1.82) is 0 Å². The summed E-state index contributed by atoms with van der Waals surface area (Å²) in [7, 11) is 0. The van der Waals surface area contributed by atoms with E-state index in [-0.39, 0.29) is 0 Å². The number of fused-ring (bicyclic) bond motifs is 21. The van der Waals surface area contributed by atoms with Crippen LogP contribution in [0.1, 0.15) is 196 Å². The highest BCUT2D eigenvalue weighted by atomic mass is 32.2. The number of hydrogen-bond acceptors (Lipinski definition) is 18. The molecule has 0 saturated heterocycles. The number of thioether (sulfide) groups is 6. The second kappa shape index (κ2) is 42.3. The molecule has 3 aliphatic heterocycles. The minimum atomic E-state index is 0.323. The average molecular weight is 1490 g/mol. The molecule has 0 aliphatic carbocycles. The number of hydrogen-bond donors (Lipinski definition) is 2. The van der Waals surface area contributed by atoms with Crippen LogP contribution in [0, 0.1) is 0 Å². The summed E-state index contributed by atoms with van der Waals surface area (Å²) in [5.74, 6) is 11.0. The number of H-pyrrole nitrogens is 2. The summed E-state index contributed by atoms with van der Waals surface area (Å²) >= 11 is 11.8. The highest BCUT2D eigenvalue weighted by Crippen LogP contribution is 2.47. The van der Waals surface area contributed by atoms with Gasteiger partial charge in [-0.2, -0.15) is 0 Å². The van der Waals surface area contributed by atoms with E-state index in [0.717, 1.165) is 109 Å². The van der Waals surface area contributed by atoms with Gasteiger partial charge >= 0.3 is 0 Å². The first-order valence-electron chi connectivity index (χ1n) is 38.4. The average Bonchev–Trinajstić information content (AvgIpc) is 1.59. The van der Waals surface area contributed by atoms with Crippen LogP contribution in [0.2, 0.25) is 0 Å². The van der Waals surface area contributed by atoms with Crippen LogP contribution in [0.25, 0.3) is 89.7 Å². The lowest BCUT2D eigenvalue weighted by Crippen LogP contribution is -2.13. The first kappa shape index (κ1) is 77.9. The number of aromatic nitrogens is 8. The largest absolute Gasteiger partial charge is 0.487 e. The van der Waals surface area contributed by atoms with E-state index in [1.54, 1.807) is 0 Å². The van der Waals surface area contributed by atoms with E-state index >= 15 is 0 Å². The van der Waals surface area contributed by atoms with E-state index in [1.165, 1.54) is 164 Å². The Kier molecular flexibility index (Phi) is 32.3. The lowest BCUT2D eigenvalue weighted by atomic mass is 10.1. The smallest absolute Gasteiger partial charge is 0.165 e. The molecule has 0 radical (unpaired) electrons. The van der Waals surface area contributed by atoms with Crippen molar-refractivity contribution in [2.24, 2.45) is 0 Å². The van der Waals surface area contributed by atoms with Crippen LogP contribution in [0.15, 0.2) is 102 Å². The van der Waals surface area contributed by atoms with Crippen LogP contribution in [-0.4, -0.2) is 127 Å². The molecule has 5 aromatic carbocycles. The number of unbranched alkanes of at least 4 members (excludes halogenated alkanes) is 18. The highest BCUT2D eigenvalue weighted by Gasteiger charge is 2.27. The van der Waals surface area contributed by atoms with Crippen LogP contribution < -0.4 is 14.2 Å². The molecule has 20 heteroatoms. The zero-order valence-corrected chi connectivity index (χ0v) is 66.3. The fraction of sp³-hybridized carbons (Fsp3) is 0.537. The van der Waals surface area contributed by atoms with Gasteiger partial charge in [0.2, 0.25) is 0 Å². The van der Waals surface area contributed by atoms with Gasteiger partial charge in [-0.15, -0.1) is 70.6 Å². The van der Waals surface area contributed by atoms with Crippen LogP contribution in [-0.2, 0) is 14.2 Å². The first-order chi connectivity index (χ1) is 50.4. The van der Waals surface area contributed by atoms with Crippen LogP contribution >= 0.6 is 70.6 Å². The topological polar surface area (TPSA) is 164 Å². The molecule has 2 N–H and O–H groups in total. The summed E-state index contributed by atoms with van der Waals surface area (Å²) < 4.78 is 36.6. The lowest BCUT2D eigenvalue weighted by Gasteiger charge is -2.15. The van der Waals surface area contributed by atoms with Gasteiger partial charge in [0.25, 0.3) is 0 Å². The van der Waals surface area contributed by atoms with Gasteiger partial charge in [0, 0.05) is 79.2 Å². The monoisotopic (exact) mass is 1490 g/mol. The fourth-order valence-corrected chi connectivity index (χ4v) is 19.6. The summed E-state index contributed by atoms with van der Waals surface area (Å²) in [5.41, 5.74) is 6.51. The molecule has 0 fully saturated rings. The second-order valence-corrected chi connectivity index (χ2v) is 33.4. The van der Waals surface area contributed by atoms with Crippen molar-refractivity contribution in [2.75, 3.05) is 87.4 Å². The molecule has 0 amide bonds. The second-order valence-electron chi connectivity index (χ2n) is 26.6. The summed E-state index contributed by atoms with van der Waals surface area (Å²) in [4.78, 5) is 49.4. The molecule has 8 aromatic rings. The minimum Gasteiger partial charge on any atom is -0.487 e. The predicted octanol–water partition coefficient (Wildman–Crippen LogP) is 24.5. The summed E-state index contributed by atoms with van der Waals surface area (Å²) in [6.45, 7) is 17.1. The van der Waals surface area contributed by atoms with Gasteiger partial charge in [-0.05, 0) is 140 Å². The zero-order chi connectivity index (χ0) is 70.5. The minimum absolute atomic E-state index is 0.323. The molecular formula is C82H108N8O6S6. The van der Waals surface area contributed by atoms with Crippen molar-refractivity contribution in [3.8, 4) is 68.5 Å². The molecule has 14 nitrogen and oxygen atoms in total. The lowest BCUT2D eigenvalue weighted by molar-refractivity contribution is 0.00708. The maximum Gasteiger partial charge on any atom is 0.165 e. The maximum absolute atomic E-state index is 6.84. The Morgan fingerprint density at radius 1 is 0.294 bits per heavy atom. The van der Waals surface area contributed by atoms with E-state index in [4.69, 9.17) is 58.3 Å². The number of nitrogens with one attached hydrogen (secondary N) is 2. The molecule has 11 rings (SSSR count). The van der Waals surface area contributed by atoms with Gasteiger partial charge in [0.05, 0.1) is 39.6 Å². The molecule has 8 bridgehead atoms.